The van der Waals surface area contributed by atoms with Crippen LogP contribution in [0.1, 0.15) is 10.4 Å². The van der Waals surface area contributed by atoms with Crippen molar-refractivity contribution in [2.45, 2.75) is 6.36 Å². The van der Waals surface area contributed by atoms with Crippen molar-refractivity contribution in [2.75, 3.05) is 6.79 Å². The Bertz CT molecular complexity index is 708. The quantitative estimate of drug-likeness (QED) is 0.809. The van der Waals surface area contributed by atoms with E-state index in [1.807, 2.05) is 0 Å². The van der Waals surface area contributed by atoms with Gasteiger partial charge in [0.05, 0.1) is 0 Å². The number of hydrogen-bond donors (Lipinski definition) is 0. The summed E-state index contributed by atoms with van der Waals surface area (Å²) >= 11 is 0. The molecular weight excluding hydrogens is 301 g/mol. The fourth-order valence-electron chi connectivity index (χ4n) is 2.14. The lowest BCUT2D eigenvalue weighted by Gasteiger charge is -2.10. The molecule has 0 fully saturated rings. The molecule has 0 spiro atoms. The predicted octanol–water partition coefficient (Wildman–Crippen LogP) is 3.79. The summed E-state index contributed by atoms with van der Waals surface area (Å²) < 4.78 is 50.6. The molecule has 2 aromatic carbocycles. The highest BCUT2D eigenvalue weighted by atomic mass is 19.4. The van der Waals surface area contributed by atoms with Crippen LogP contribution in [0, 0.1) is 0 Å². The van der Waals surface area contributed by atoms with Gasteiger partial charge in [0.1, 0.15) is 5.75 Å². The van der Waals surface area contributed by atoms with Crippen LogP contribution in [0.3, 0.4) is 0 Å². The first-order valence-corrected chi connectivity index (χ1v) is 6.21. The monoisotopic (exact) mass is 310 g/mol. The first-order chi connectivity index (χ1) is 10.5. The second-order valence-electron chi connectivity index (χ2n) is 4.48. The van der Waals surface area contributed by atoms with Gasteiger partial charge in [0.2, 0.25) is 6.79 Å². The minimum absolute atomic E-state index is 0.0649. The van der Waals surface area contributed by atoms with E-state index in [1.54, 1.807) is 6.07 Å². The predicted molar refractivity (Wildman–Crippen MR) is 70.1 cm³/mol. The van der Waals surface area contributed by atoms with Crippen molar-refractivity contribution >= 4 is 6.29 Å². The summed E-state index contributed by atoms with van der Waals surface area (Å²) in [5, 5.41) is 0. The first-order valence-electron chi connectivity index (χ1n) is 6.21. The van der Waals surface area contributed by atoms with Gasteiger partial charge >= 0.3 is 6.36 Å². The third-order valence-electron chi connectivity index (χ3n) is 3.07. The molecule has 22 heavy (non-hydrogen) atoms. The van der Waals surface area contributed by atoms with Crippen molar-refractivity contribution in [3.63, 3.8) is 0 Å². The van der Waals surface area contributed by atoms with Gasteiger partial charge in [-0.05, 0) is 35.4 Å². The Labute approximate surface area is 123 Å². The minimum atomic E-state index is -4.74. The van der Waals surface area contributed by atoms with E-state index in [2.05, 4.69) is 4.74 Å². The lowest BCUT2D eigenvalue weighted by molar-refractivity contribution is -0.274. The Hall–Kier alpha value is -2.70. The lowest BCUT2D eigenvalue weighted by atomic mass is 9.99. The Morgan fingerprint density at radius 1 is 1.05 bits per heavy atom. The largest absolute Gasteiger partial charge is 0.573 e. The standard InChI is InChI=1S/C15H9F3O4/c16-15(17,18)22-11-3-1-9(2-4-11)12-6-14-13(20-8-21-14)5-10(12)7-19/h1-7H,8H2. The number of aldehydes is 1. The average molecular weight is 310 g/mol. The van der Waals surface area contributed by atoms with E-state index in [0.717, 1.165) is 0 Å². The molecule has 4 nitrogen and oxygen atoms in total. The molecular formula is C15H9F3O4. The number of carbonyl (C=O) groups is 1. The number of benzene rings is 2. The van der Waals surface area contributed by atoms with E-state index in [4.69, 9.17) is 9.47 Å². The van der Waals surface area contributed by atoms with Crippen molar-refractivity contribution in [1.29, 1.82) is 0 Å². The molecule has 0 unspecified atom stereocenters. The van der Waals surface area contributed by atoms with Crippen LogP contribution < -0.4 is 14.2 Å². The molecule has 0 atom stereocenters. The molecule has 114 valence electrons. The molecule has 0 aromatic heterocycles. The number of carbonyl (C=O) groups excluding carboxylic acids is 1. The normalized spacial score (nSPS) is 13.0. The van der Waals surface area contributed by atoms with E-state index in [9.17, 15) is 18.0 Å². The lowest BCUT2D eigenvalue weighted by Crippen LogP contribution is -2.16. The van der Waals surface area contributed by atoms with Crippen LogP contribution in [-0.2, 0) is 0 Å². The Morgan fingerprint density at radius 3 is 2.27 bits per heavy atom. The van der Waals surface area contributed by atoms with E-state index >= 15 is 0 Å². The van der Waals surface area contributed by atoms with Gasteiger partial charge in [-0.3, -0.25) is 4.79 Å². The molecule has 0 bridgehead atoms. The number of ether oxygens (including phenoxy) is 3. The van der Waals surface area contributed by atoms with Crippen LogP contribution in [0.25, 0.3) is 11.1 Å². The van der Waals surface area contributed by atoms with Gasteiger partial charge in [-0.2, -0.15) is 0 Å². The van der Waals surface area contributed by atoms with Crippen LogP contribution >= 0.6 is 0 Å². The second kappa shape index (κ2) is 5.25. The third-order valence-corrected chi connectivity index (χ3v) is 3.07. The highest BCUT2D eigenvalue weighted by molar-refractivity contribution is 5.89. The van der Waals surface area contributed by atoms with Gasteiger partial charge in [0, 0.05) is 5.56 Å². The van der Waals surface area contributed by atoms with Gasteiger partial charge in [-0.25, -0.2) is 0 Å². The summed E-state index contributed by atoms with van der Waals surface area (Å²) in [6.07, 6.45) is -4.09. The Kier molecular flexibility index (Phi) is 3.40. The van der Waals surface area contributed by atoms with Crippen molar-refractivity contribution in [3.05, 3.63) is 42.0 Å². The molecule has 2 aromatic rings. The smallest absolute Gasteiger partial charge is 0.454 e. The zero-order valence-electron chi connectivity index (χ0n) is 11.0. The van der Waals surface area contributed by atoms with E-state index < -0.39 is 6.36 Å². The summed E-state index contributed by atoms with van der Waals surface area (Å²) in [4.78, 5) is 11.2. The Morgan fingerprint density at radius 2 is 1.68 bits per heavy atom. The van der Waals surface area contributed by atoms with Crippen LogP contribution in [0.2, 0.25) is 0 Å². The van der Waals surface area contributed by atoms with Crippen LogP contribution in [0.5, 0.6) is 17.2 Å². The molecule has 1 aliphatic rings. The molecule has 0 amide bonds. The maximum atomic E-state index is 12.1. The van der Waals surface area contributed by atoms with Crippen LogP contribution in [0.4, 0.5) is 13.2 Å². The number of hydrogen-bond acceptors (Lipinski definition) is 4. The van der Waals surface area contributed by atoms with Crippen LogP contribution in [-0.4, -0.2) is 19.4 Å². The van der Waals surface area contributed by atoms with Crippen molar-refractivity contribution in [1.82, 2.24) is 0 Å². The van der Waals surface area contributed by atoms with Gasteiger partial charge in [0.15, 0.2) is 17.8 Å². The summed E-state index contributed by atoms with van der Waals surface area (Å²) in [5.74, 6) is 0.615. The molecule has 0 radical (unpaired) electrons. The van der Waals surface area contributed by atoms with Crippen molar-refractivity contribution in [2.24, 2.45) is 0 Å². The van der Waals surface area contributed by atoms with Crippen LogP contribution in [0.15, 0.2) is 36.4 Å². The fourth-order valence-corrected chi connectivity index (χ4v) is 2.14. The van der Waals surface area contributed by atoms with Gasteiger partial charge in [-0.1, -0.05) is 12.1 Å². The summed E-state index contributed by atoms with van der Waals surface area (Å²) in [5.41, 5.74) is 1.46. The fraction of sp³-hybridized carbons (Fsp3) is 0.133. The topological polar surface area (TPSA) is 44.8 Å². The molecule has 1 aliphatic heterocycles. The average Bonchev–Trinajstić information content (AvgIpc) is 2.92. The van der Waals surface area contributed by atoms with Crippen molar-refractivity contribution in [3.8, 4) is 28.4 Å². The van der Waals surface area contributed by atoms with Gasteiger partial charge < -0.3 is 14.2 Å². The van der Waals surface area contributed by atoms with Gasteiger partial charge in [-0.15, -0.1) is 13.2 Å². The zero-order chi connectivity index (χ0) is 15.7. The van der Waals surface area contributed by atoms with E-state index in [1.165, 1.54) is 30.3 Å². The molecule has 0 saturated carbocycles. The van der Waals surface area contributed by atoms with E-state index in [-0.39, 0.29) is 12.5 Å². The van der Waals surface area contributed by atoms with Crippen molar-refractivity contribution < 1.29 is 32.2 Å². The molecule has 3 rings (SSSR count). The number of halogens is 3. The minimum Gasteiger partial charge on any atom is -0.454 e. The molecule has 0 aliphatic carbocycles. The number of alkyl halides is 3. The maximum Gasteiger partial charge on any atom is 0.573 e. The molecule has 1 heterocycles. The SMILES string of the molecule is O=Cc1cc2c(cc1-c1ccc(OC(F)(F)F)cc1)OCO2. The third kappa shape index (κ3) is 2.83. The summed E-state index contributed by atoms with van der Waals surface area (Å²) in [7, 11) is 0. The highest BCUT2D eigenvalue weighted by Gasteiger charge is 2.31. The number of rotatable bonds is 3. The van der Waals surface area contributed by atoms with Gasteiger partial charge in [0.25, 0.3) is 0 Å². The molecule has 0 saturated heterocycles. The number of fused-ring (bicyclic) bond motifs is 1. The molecule has 0 N–H and O–H groups in total. The maximum absolute atomic E-state index is 12.1. The highest BCUT2D eigenvalue weighted by Crippen LogP contribution is 2.38. The van der Waals surface area contributed by atoms with E-state index in [0.29, 0.717) is 34.5 Å². The zero-order valence-corrected chi connectivity index (χ0v) is 11.0. The second-order valence-corrected chi connectivity index (χ2v) is 4.48. The first kappa shape index (κ1) is 14.2. The summed E-state index contributed by atoms with van der Waals surface area (Å²) in [6, 6.07) is 8.39. The Balaban J connectivity index is 1.96. The molecule has 7 heteroatoms. The summed E-state index contributed by atoms with van der Waals surface area (Å²) in [6.45, 7) is 0.0649.